The highest BCUT2D eigenvalue weighted by atomic mass is 16.5. The van der Waals surface area contributed by atoms with Gasteiger partial charge < -0.3 is 9.84 Å². The van der Waals surface area contributed by atoms with E-state index < -0.39 is 11.4 Å². The van der Waals surface area contributed by atoms with Gasteiger partial charge in [-0.1, -0.05) is 0 Å². The van der Waals surface area contributed by atoms with Crippen molar-refractivity contribution < 1.29 is 19.4 Å². The highest BCUT2D eigenvalue weighted by Gasteiger charge is 2.28. The van der Waals surface area contributed by atoms with Gasteiger partial charge >= 0.3 is 5.97 Å². The molecule has 1 aromatic heterocycles. The largest absolute Gasteiger partial charge is 0.481 e. The molecule has 0 spiro atoms. The van der Waals surface area contributed by atoms with Gasteiger partial charge in [-0.05, 0) is 32.4 Å². The Labute approximate surface area is 112 Å². The van der Waals surface area contributed by atoms with Crippen LogP contribution in [-0.4, -0.2) is 29.0 Å². The van der Waals surface area contributed by atoms with E-state index in [0.717, 1.165) is 0 Å². The molecular weight excluding hydrogens is 246 g/mol. The van der Waals surface area contributed by atoms with Crippen LogP contribution in [0.4, 0.5) is 0 Å². The zero-order valence-electron chi connectivity index (χ0n) is 11.5. The summed E-state index contributed by atoms with van der Waals surface area (Å²) >= 11 is 0. The number of pyridine rings is 1. The third kappa shape index (κ3) is 4.13. The standard InChI is InChI=1S/C14H19NO4/c1-14(2,13(17)18)7-6-12(16)10-5-4-8-15-11(10)9-19-3/h4-5,8H,6-7,9H2,1-3H3,(H,17,18). The fourth-order valence-electron chi connectivity index (χ4n) is 1.61. The van der Waals surface area contributed by atoms with Crippen LogP contribution in [0.2, 0.25) is 0 Å². The van der Waals surface area contributed by atoms with Gasteiger partial charge in [0.15, 0.2) is 5.78 Å². The van der Waals surface area contributed by atoms with Crippen molar-refractivity contribution in [3.63, 3.8) is 0 Å². The number of Topliss-reactive ketones (excluding diaryl/α,β-unsaturated/α-hetero) is 1. The molecule has 0 saturated carbocycles. The van der Waals surface area contributed by atoms with Crippen molar-refractivity contribution >= 4 is 11.8 Å². The monoisotopic (exact) mass is 265 g/mol. The number of carbonyl (C=O) groups is 2. The molecule has 1 aromatic rings. The first-order chi connectivity index (χ1) is 8.88. The third-order valence-corrected chi connectivity index (χ3v) is 3.03. The van der Waals surface area contributed by atoms with Gasteiger partial charge in [0.05, 0.1) is 17.7 Å². The lowest BCUT2D eigenvalue weighted by atomic mass is 9.86. The Kier molecular flexibility index (Phi) is 5.18. The molecule has 104 valence electrons. The van der Waals surface area contributed by atoms with E-state index in [0.29, 0.717) is 17.7 Å². The zero-order valence-corrected chi connectivity index (χ0v) is 11.5. The fraction of sp³-hybridized carbons (Fsp3) is 0.500. The molecule has 0 radical (unpaired) electrons. The lowest BCUT2D eigenvalue weighted by Gasteiger charge is -2.18. The quantitative estimate of drug-likeness (QED) is 0.765. The number of rotatable bonds is 7. The first-order valence-corrected chi connectivity index (χ1v) is 6.08. The Morgan fingerprint density at radius 3 is 2.68 bits per heavy atom. The molecule has 0 aliphatic rings. The Balaban J connectivity index is 2.76. The van der Waals surface area contributed by atoms with Crippen LogP contribution in [0.25, 0.3) is 0 Å². The van der Waals surface area contributed by atoms with E-state index in [1.165, 1.54) is 7.11 Å². The van der Waals surface area contributed by atoms with Crippen LogP contribution in [-0.2, 0) is 16.1 Å². The summed E-state index contributed by atoms with van der Waals surface area (Å²) in [5.74, 6) is -1.00. The minimum atomic E-state index is -0.903. The van der Waals surface area contributed by atoms with Crippen molar-refractivity contribution in [3.05, 3.63) is 29.6 Å². The second-order valence-electron chi connectivity index (χ2n) is 5.04. The molecule has 0 fully saturated rings. The molecule has 5 nitrogen and oxygen atoms in total. The van der Waals surface area contributed by atoms with Crippen LogP contribution in [0.1, 0.15) is 42.7 Å². The number of hydrogen-bond donors (Lipinski definition) is 1. The Hall–Kier alpha value is -1.75. The van der Waals surface area contributed by atoms with E-state index in [4.69, 9.17) is 9.84 Å². The van der Waals surface area contributed by atoms with E-state index in [2.05, 4.69) is 4.98 Å². The first kappa shape index (κ1) is 15.3. The van der Waals surface area contributed by atoms with E-state index in [9.17, 15) is 9.59 Å². The maximum Gasteiger partial charge on any atom is 0.309 e. The molecule has 0 unspecified atom stereocenters. The number of ether oxygens (including phenoxy) is 1. The molecule has 1 rings (SSSR count). The molecular formula is C14H19NO4. The summed E-state index contributed by atoms with van der Waals surface area (Å²) in [5, 5.41) is 9.02. The molecule has 0 atom stereocenters. The van der Waals surface area contributed by atoms with Gasteiger partial charge in [0.1, 0.15) is 0 Å². The predicted molar refractivity (Wildman–Crippen MR) is 69.9 cm³/mol. The van der Waals surface area contributed by atoms with Crippen molar-refractivity contribution in [1.29, 1.82) is 0 Å². The Morgan fingerprint density at radius 1 is 1.42 bits per heavy atom. The van der Waals surface area contributed by atoms with Crippen LogP contribution in [0.3, 0.4) is 0 Å². The van der Waals surface area contributed by atoms with Gasteiger partial charge in [-0.25, -0.2) is 0 Å². The molecule has 0 aromatic carbocycles. The molecule has 0 saturated heterocycles. The van der Waals surface area contributed by atoms with Crippen LogP contribution >= 0.6 is 0 Å². The van der Waals surface area contributed by atoms with Crippen molar-refractivity contribution in [2.24, 2.45) is 5.41 Å². The second-order valence-corrected chi connectivity index (χ2v) is 5.04. The summed E-state index contributed by atoms with van der Waals surface area (Å²) in [5.41, 5.74) is 0.188. The predicted octanol–water partition coefficient (Wildman–Crippen LogP) is 2.30. The van der Waals surface area contributed by atoms with E-state index in [1.54, 1.807) is 32.2 Å². The number of carboxylic acids is 1. The number of ketones is 1. The topological polar surface area (TPSA) is 76.5 Å². The van der Waals surface area contributed by atoms with Gasteiger partial charge in [0, 0.05) is 25.3 Å². The van der Waals surface area contributed by atoms with Crippen LogP contribution in [0, 0.1) is 5.41 Å². The van der Waals surface area contributed by atoms with Gasteiger partial charge in [-0.3, -0.25) is 14.6 Å². The summed E-state index contributed by atoms with van der Waals surface area (Å²) in [7, 11) is 1.54. The fourth-order valence-corrected chi connectivity index (χ4v) is 1.61. The SMILES string of the molecule is COCc1ncccc1C(=O)CCC(C)(C)C(=O)O. The summed E-state index contributed by atoms with van der Waals surface area (Å²) in [6.07, 6.45) is 2.08. The first-order valence-electron chi connectivity index (χ1n) is 6.08. The van der Waals surface area contributed by atoms with Crippen LogP contribution in [0.15, 0.2) is 18.3 Å². The van der Waals surface area contributed by atoms with Crippen LogP contribution < -0.4 is 0 Å². The molecule has 1 heterocycles. The van der Waals surface area contributed by atoms with E-state index in [-0.39, 0.29) is 18.8 Å². The van der Waals surface area contributed by atoms with Gasteiger partial charge in [-0.15, -0.1) is 0 Å². The summed E-state index contributed by atoms with van der Waals surface area (Å²) in [6, 6.07) is 3.38. The number of nitrogens with zero attached hydrogens (tertiary/aromatic N) is 1. The molecule has 0 bridgehead atoms. The maximum atomic E-state index is 12.1. The average Bonchev–Trinajstić information content (AvgIpc) is 2.37. The number of aromatic nitrogens is 1. The number of hydrogen-bond acceptors (Lipinski definition) is 4. The molecule has 0 aliphatic carbocycles. The molecule has 1 N–H and O–H groups in total. The van der Waals surface area contributed by atoms with Crippen molar-refractivity contribution in [2.75, 3.05) is 7.11 Å². The van der Waals surface area contributed by atoms with Gasteiger partial charge in [0.2, 0.25) is 0 Å². The molecule has 0 amide bonds. The zero-order chi connectivity index (χ0) is 14.5. The van der Waals surface area contributed by atoms with Gasteiger partial charge in [0.25, 0.3) is 0 Å². The lowest BCUT2D eigenvalue weighted by Crippen LogP contribution is -2.24. The second kappa shape index (κ2) is 6.43. The number of carbonyl (C=O) groups excluding carboxylic acids is 1. The highest BCUT2D eigenvalue weighted by molar-refractivity contribution is 5.97. The van der Waals surface area contributed by atoms with E-state index >= 15 is 0 Å². The maximum absolute atomic E-state index is 12.1. The van der Waals surface area contributed by atoms with Crippen molar-refractivity contribution in [3.8, 4) is 0 Å². The summed E-state index contributed by atoms with van der Waals surface area (Å²) < 4.78 is 4.99. The minimum Gasteiger partial charge on any atom is -0.481 e. The van der Waals surface area contributed by atoms with Crippen molar-refractivity contribution in [1.82, 2.24) is 4.98 Å². The smallest absolute Gasteiger partial charge is 0.309 e. The number of aliphatic carboxylic acids is 1. The number of carboxylic acid groups (broad SMARTS) is 1. The van der Waals surface area contributed by atoms with Gasteiger partial charge in [-0.2, -0.15) is 0 Å². The normalized spacial score (nSPS) is 11.3. The molecule has 0 aliphatic heterocycles. The summed E-state index contributed by atoms with van der Waals surface area (Å²) in [6.45, 7) is 3.49. The Bertz CT molecular complexity index is 468. The minimum absolute atomic E-state index is 0.102. The van der Waals surface area contributed by atoms with Crippen molar-refractivity contribution in [2.45, 2.75) is 33.3 Å². The summed E-state index contributed by atoms with van der Waals surface area (Å²) in [4.78, 5) is 27.2. The Morgan fingerprint density at radius 2 is 2.11 bits per heavy atom. The highest BCUT2D eigenvalue weighted by Crippen LogP contribution is 2.24. The number of methoxy groups -OCH3 is 1. The average molecular weight is 265 g/mol. The lowest BCUT2D eigenvalue weighted by molar-refractivity contribution is -0.147. The van der Waals surface area contributed by atoms with E-state index in [1.807, 2.05) is 0 Å². The molecule has 5 heteroatoms. The van der Waals surface area contributed by atoms with Crippen LogP contribution in [0.5, 0.6) is 0 Å². The molecule has 19 heavy (non-hydrogen) atoms. The third-order valence-electron chi connectivity index (χ3n) is 3.03.